The van der Waals surface area contributed by atoms with Crippen LogP contribution in [0.4, 0.5) is 18.9 Å². The normalized spacial score (nSPS) is 25.1. The maximum Gasteiger partial charge on any atom is 0.418 e. The molecular weight excluding hydrogens is 281 g/mol. The molecule has 1 saturated heterocycles. The zero-order valence-electron chi connectivity index (χ0n) is 9.75. The second kappa shape index (κ2) is 4.68. The van der Waals surface area contributed by atoms with E-state index in [2.05, 4.69) is 10.6 Å². The van der Waals surface area contributed by atoms with Gasteiger partial charge in [0, 0.05) is 19.0 Å². The number of rotatable bonds is 0. The number of anilines is 1. The minimum Gasteiger partial charge on any atom is -0.325 e. The third-order valence-corrected chi connectivity index (χ3v) is 3.60. The SMILES string of the molecule is Cl.O=C1Nc2c(cccc2C(F)(F)F)C2CNCC12. The van der Waals surface area contributed by atoms with Crippen molar-refractivity contribution < 1.29 is 18.0 Å². The van der Waals surface area contributed by atoms with Crippen molar-refractivity contribution in [1.29, 1.82) is 0 Å². The van der Waals surface area contributed by atoms with Crippen molar-refractivity contribution in [2.75, 3.05) is 18.4 Å². The maximum atomic E-state index is 12.9. The van der Waals surface area contributed by atoms with Gasteiger partial charge in [0.1, 0.15) is 0 Å². The Labute approximate surface area is 114 Å². The molecule has 2 atom stereocenters. The van der Waals surface area contributed by atoms with Crippen LogP contribution in [0.25, 0.3) is 0 Å². The van der Waals surface area contributed by atoms with Gasteiger partial charge in [0.05, 0.1) is 17.2 Å². The number of carbonyl (C=O) groups excluding carboxylic acids is 1. The number of hydrogen-bond donors (Lipinski definition) is 2. The second-order valence-electron chi connectivity index (χ2n) is 4.63. The van der Waals surface area contributed by atoms with Gasteiger partial charge in [0.2, 0.25) is 5.91 Å². The molecule has 0 spiro atoms. The fourth-order valence-corrected chi connectivity index (χ4v) is 2.75. The van der Waals surface area contributed by atoms with Crippen molar-refractivity contribution in [2.45, 2.75) is 12.1 Å². The number of hydrogen-bond acceptors (Lipinski definition) is 2. The lowest BCUT2D eigenvalue weighted by Gasteiger charge is -2.29. The molecule has 3 rings (SSSR count). The van der Waals surface area contributed by atoms with E-state index in [9.17, 15) is 18.0 Å². The number of benzene rings is 1. The van der Waals surface area contributed by atoms with Crippen LogP contribution in [0.15, 0.2) is 18.2 Å². The molecule has 1 amide bonds. The highest BCUT2D eigenvalue weighted by atomic mass is 35.5. The monoisotopic (exact) mass is 292 g/mol. The van der Waals surface area contributed by atoms with Crippen molar-refractivity contribution >= 4 is 24.0 Å². The zero-order chi connectivity index (χ0) is 12.9. The number of fused-ring (bicyclic) bond motifs is 3. The summed E-state index contributed by atoms with van der Waals surface area (Å²) >= 11 is 0. The van der Waals surface area contributed by atoms with Gasteiger partial charge in [0.25, 0.3) is 0 Å². The van der Waals surface area contributed by atoms with Gasteiger partial charge < -0.3 is 10.6 Å². The third-order valence-electron chi connectivity index (χ3n) is 3.60. The predicted molar refractivity (Wildman–Crippen MR) is 66.4 cm³/mol. The second-order valence-corrected chi connectivity index (χ2v) is 4.63. The Bertz CT molecular complexity index is 518. The van der Waals surface area contributed by atoms with Gasteiger partial charge in [-0.1, -0.05) is 12.1 Å². The number of para-hydroxylation sites is 1. The molecule has 0 bridgehead atoms. The van der Waals surface area contributed by atoms with E-state index in [0.717, 1.165) is 6.07 Å². The van der Waals surface area contributed by atoms with Crippen molar-refractivity contribution in [3.05, 3.63) is 29.3 Å². The lowest BCUT2D eigenvalue weighted by atomic mass is 9.83. The topological polar surface area (TPSA) is 41.1 Å². The Morgan fingerprint density at radius 2 is 1.84 bits per heavy atom. The summed E-state index contributed by atoms with van der Waals surface area (Å²) in [6.45, 7) is 1.07. The largest absolute Gasteiger partial charge is 0.418 e. The van der Waals surface area contributed by atoms with E-state index in [-0.39, 0.29) is 35.8 Å². The Balaban J connectivity index is 0.00000133. The first-order valence-electron chi connectivity index (χ1n) is 5.70. The summed E-state index contributed by atoms with van der Waals surface area (Å²) in [7, 11) is 0. The van der Waals surface area contributed by atoms with Crippen LogP contribution in [0.2, 0.25) is 0 Å². The summed E-state index contributed by atoms with van der Waals surface area (Å²) in [5, 5.41) is 5.46. The standard InChI is InChI=1S/C12H11F3N2O.ClH/c13-12(14,15)9-3-1-2-6-7-4-16-5-8(7)11(18)17-10(6)9;/h1-3,7-8,16H,4-5H2,(H,17,18);1H. The van der Waals surface area contributed by atoms with E-state index in [4.69, 9.17) is 0 Å². The van der Waals surface area contributed by atoms with Crippen molar-refractivity contribution in [1.82, 2.24) is 5.32 Å². The van der Waals surface area contributed by atoms with Crippen LogP contribution in [-0.2, 0) is 11.0 Å². The van der Waals surface area contributed by atoms with E-state index in [1.54, 1.807) is 6.07 Å². The zero-order valence-corrected chi connectivity index (χ0v) is 10.6. The quantitative estimate of drug-likeness (QED) is 0.771. The van der Waals surface area contributed by atoms with E-state index in [1.165, 1.54) is 6.07 Å². The van der Waals surface area contributed by atoms with Crippen molar-refractivity contribution in [3.63, 3.8) is 0 Å². The van der Waals surface area contributed by atoms with E-state index >= 15 is 0 Å². The summed E-state index contributed by atoms with van der Waals surface area (Å²) in [5.41, 5.74) is -0.252. The minimum atomic E-state index is -4.45. The van der Waals surface area contributed by atoms with Crippen LogP contribution in [-0.4, -0.2) is 19.0 Å². The first kappa shape index (κ1) is 14.1. The van der Waals surface area contributed by atoms with Gasteiger partial charge in [-0.05, 0) is 11.6 Å². The molecule has 1 fully saturated rings. The molecule has 104 valence electrons. The summed E-state index contributed by atoms with van der Waals surface area (Å²) in [6.07, 6.45) is -4.45. The van der Waals surface area contributed by atoms with Gasteiger partial charge in [-0.25, -0.2) is 0 Å². The van der Waals surface area contributed by atoms with Gasteiger partial charge in [-0.15, -0.1) is 12.4 Å². The number of carbonyl (C=O) groups is 1. The molecule has 0 saturated carbocycles. The Hall–Kier alpha value is -1.27. The van der Waals surface area contributed by atoms with Crippen LogP contribution < -0.4 is 10.6 Å². The molecule has 2 N–H and O–H groups in total. The van der Waals surface area contributed by atoms with Gasteiger partial charge in [-0.2, -0.15) is 13.2 Å². The first-order chi connectivity index (χ1) is 8.48. The number of halogens is 4. The van der Waals surface area contributed by atoms with E-state index in [1.807, 2.05) is 0 Å². The lowest BCUT2D eigenvalue weighted by Crippen LogP contribution is -2.34. The van der Waals surface area contributed by atoms with Crippen LogP contribution in [0, 0.1) is 5.92 Å². The molecule has 1 aromatic rings. The molecule has 3 nitrogen and oxygen atoms in total. The van der Waals surface area contributed by atoms with Crippen LogP contribution in [0.1, 0.15) is 17.0 Å². The summed E-state index contributed by atoms with van der Waals surface area (Å²) in [4.78, 5) is 11.8. The average Bonchev–Trinajstić information content (AvgIpc) is 2.77. The van der Waals surface area contributed by atoms with Gasteiger partial charge >= 0.3 is 6.18 Å². The van der Waals surface area contributed by atoms with Crippen molar-refractivity contribution in [2.24, 2.45) is 5.92 Å². The highest BCUT2D eigenvalue weighted by Gasteiger charge is 2.43. The maximum absolute atomic E-state index is 12.9. The highest BCUT2D eigenvalue weighted by Crippen LogP contribution is 2.44. The Morgan fingerprint density at radius 1 is 1.16 bits per heavy atom. The van der Waals surface area contributed by atoms with E-state index in [0.29, 0.717) is 18.7 Å². The van der Waals surface area contributed by atoms with Crippen LogP contribution in [0.5, 0.6) is 0 Å². The van der Waals surface area contributed by atoms with Gasteiger partial charge in [0.15, 0.2) is 0 Å². The average molecular weight is 293 g/mol. The minimum absolute atomic E-state index is 0. The summed E-state index contributed by atoms with van der Waals surface area (Å²) in [5.74, 6) is -0.744. The van der Waals surface area contributed by atoms with Crippen LogP contribution >= 0.6 is 12.4 Å². The molecule has 2 heterocycles. The lowest BCUT2D eigenvalue weighted by molar-refractivity contribution is -0.137. The summed E-state index contributed by atoms with van der Waals surface area (Å²) in [6, 6.07) is 4.06. The molecular formula is C12H12ClF3N2O. The van der Waals surface area contributed by atoms with Gasteiger partial charge in [-0.3, -0.25) is 4.79 Å². The highest BCUT2D eigenvalue weighted by molar-refractivity contribution is 5.98. The molecule has 7 heteroatoms. The molecule has 1 aromatic carbocycles. The fraction of sp³-hybridized carbons (Fsp3) is 0.417. The molecule has 2 aliphatic heterocycles. The number of nitrogens with one attached hydrogen (secondary N) is 2. The first-order valence-corrected chi connectivity index (χ1v) is 5.70. The smallest absolute Gasteiger partial charge is 0.325 e. The summed E-state index contributed by atoms with van der Waals surface area (Å²) < 4.78 is 38.6. The number of amides is 1. The molecule has 0 radical (unpaired) electrons. The third kappa shape index (κ3) is 2.19. The fourth-order valence-electron chi connectivity index (χ4n) is 2.75. The molecule has 2 aliphatic rings. The molecule has 19 heavy (non-hydrogen) atoms. The Kier molecular flexibility index (Phi) is 3.49. The molecule has 2 unspecified atom stereocenters. The number of alkyl halides is 3. The molecule has 0 aliphatic carbocycles. The van der Waals surface area contributed by atoms with E-state index < -0.39 is 11.7 Å². The Morgan fingerprint density at radius 3 is 2.53 bits per heavy atom. The predicted octanol–water partition coefficient (Wildman–Crippen LogP) is 2.38. The molecule has 0 aromatic heterocycles. The van der Waals surface area contributed by atoms with Crippen LogP contribution in [0.3, 0.4) is 0 Å². The van der Waals surface area contributed by atoms with Crippen molar-refractivity contribution in [3.8, 4) is 0 Å².